The molecule has 0 spiro atoms. The lowest BCUT2D eigenvalue weighted by Crippen LogP contribution is -2.30. The van der Waals surface area contributed by atoms with Crippen LogP contribution in [0.15, 0.2) is 54.7 Å². The topological polar surface area (TPSA) is 98.1 Å². The molecule has 1 aromatic carbocycles. The van der Waals surface area contributed by atoms with Crippen molar-refractivity contribution in [1.29, 1.82) is 0 Å². The first-order valence-electron chi connectivity index (χ1n) is 10.2. The van der Waals surface area contributed by atoms with Gasteiger partial charge >= 0.3 is 11.8 Å². The van der Waals surface area contributed by atoms with Crippen molar-refractivity contribution >= 4 is 23.3 Å². The maximum absolute atomic E-state index is 12.5. The second kappa shape index (κ2) is 9.88. The van der Waals surface area contributed by atoms with E-state index in [2.05, 4.69) is 20.7 Å². The average Bonchev–Trinajstić information content (AvgIpc) is 3.18. The van der Waals surface area contributed by atoms with Gasteiger partial charge in [0.25, 0.3) is 0 Å². The minimum absolute atomic E-state index is 0.0374. The van der Waals surface area contributed by atoms with Gasteiger partial charge in [0, 0.05) is 30.1 Å². The van der Waals surface area contributed by atoms with Crippen molar-refractivity contribution in [2.75, 3.05) is 10.6 Å². The van der Waals surface area contributed by atoms with Gasteiger partial charge in [0.15, 0.2) is 0 Å². The van der Waals surface area contributed by atoms with Crippen molar-refractivity contribution in [3.63, 3.8) is 0 Å². The lowest BCUT2D eigenvalue weighted by Gasteiger charge is -2.12. The zero-order chi connectivity index (χ0) is 22.4. The molecule has 0 fully saturated rings. The molecule has 0 bridgehead atoms. The standard InChI is InChI=1S/C23H27N5O3/c1-15(2)19-13-20(28(27-19)16(3)4)26-23(30)22(29)25-18-10-11-24-21(12-18)31-14-17-8-6-5-7-9-17/h5-13,15-16H,14H2,1-4H3,(H,26,30)(H,24,25,29). The van der Waals surface area contributed by atoms with Gasteiger partial charge in [0.2, 0.25) is 5.88 Å². The number of ether oxygens (including phenoxy) is 1. The Kier molecular flexibility index (Phi) is 7.02. The molecule has 2 aromatic heterocycles. The number of anilines is 2. The van der Waals surface area contributed by atoms with Crippen LogP contribution in [0, 0.1) is 0 Å². The van der Waals surface area contributed by atoms with Crippen LogP contribution in [-0.4, -0.2) is 26.6 Å². The summed E-state index contributed by atoms with van der Waals surface area (Å²) in [6, 6.07) is 14.7. The highest BCUT2D eigenvalue weighted by atomic mass is 16.5. The first-order chi connectivity index (χ1) is 14.8. The summed E-state index contributed by atoms with van der Waals surface area (Å²) in [4.78, 5) is 29.0. The molecule has 0 atom stereocenters. The maximum Gasteiger partial charge on any atom is 0.315 e. The molecule has 2 heterocycles. The Morgan fingerprint density at radius 2 is 1.71 bits per heavy atom. The number of carbonyl (C=O) groups is 2. The molecular formula is C23H27N5O3. The molecule has 2 amide bonds. The Morgan fingerprint density at radius 1 is 1.00 bits per heavy atom. The maximum atomic E-state index is 12.5. The molecule has 2 N–H and O–H groups in total. The van der Waals surface area contributed by atoms with Crippen LogP contribution in [0.3, 0.4) is 0 Å². The van der Waals surface area contributed by atoms with Gasteiger partial charge in [0.1, 0.15) is 12.4 Å². The predicted octanol–water partition coefficient (Wildman–Crippen LogP) is 4.14. The fraction of sp³-hybridized carbons (Fsp3) is 0.304. The van der Waals surface area contributed by atoms with Crippen LogP contribution in [0.4, 0.5) is 11.5 Å². The first kappa shape index (κ1) is 22.0. The van der Waals surface area contributed by atoms with E-state index in [-0.39, 0.29) is 12.0 Å². The summed E-state index contributed by atoms with van der Waals surface area (Å²) in [5.74, 6) is -0.527. The number of nitrogens with zero attached hydrogens (tertiary/aromatic N) is 3. The third-order valence-electron chi connectivity index (χ3n) is 4.51. The predicted molar refractivity (Wildman–Crippen MR) is 119 cm³/mol. The largest absolute Gasteiger partial charge is 0.473 e. The van der Waals surface area contributed by atoms with Crippen LogP contribution in [0.5, 0.6) is 5.88 Å². The summed E-state index contributed by atoms with van der Waals surface area (Å²) in [6.07, 6.45) is 1.51. The van der Waals surface area contributed by atoms with E-state index < -0.39 is 11.8 Å². The number of hydrogen-bond acceptors (Lipinski definition) is 5. The molecule has 3 rings (SSSR count). The minimum Gasteiger partial charge on any atom is -0.473 e. The summed E-state index contributed by atoms with van der Waals surface area (Å²) in [6.45, 7) is 8.31. The zero-order valence-electron chi connectivity index (χ0n) is 18.1. The van der Waals surface area contributed by atoms with E-state index in [4.69, 9.17) is 4.74 Å². The Labute approximate surface area is 181 Å². The van der Waals surface area contributed by atoms with Crippen molar-refractivity contribution in [2.45, 2.75) is 46.3 Å². The molecular weight excluding hydrogens is 394 g/mol. The van der Waals surface area contributed by atoms with Crippen molar-refractivity contribution in [2.24, 2.45) is 0 Å². The molecule has 0 aliphatic heterocycles. The molecule has 0 radical (unpaired) electrons. The smallest absolute Gasteiger partial charge is 0.315 e. The number of benzene rings is 1. The molecule has 0 saturated heterocycles. The molecule has 0 aliphatic rings. The Morgan fingerprint density at radius 3 is 2.39 bits per heavy atom. The molecule has 3 aromatic rings. The second-order valence-corrected chi connectivity index (χ2v) is 7.71. The number of nitrogens with one attached hydrogen (secondary N) is 2. The zero-order valence-corrected chi connectivity index (χ0v) is 18.1. The van der Waals surface area contributed by atoms with Gasteiger partial charge in [-0.15, -0.1) is 0 Å². The lowest BCUT2D eigenvalue weighted by molar-refractivity contribution is -0.133. The second-order valence-electron chi connectivity index (χ2n) is 7.71. The molecule has 0 saturated carbocycles. The number of hydrogen-bond donors (Lipinski definition) is 2. The highest BCUT2D eigenvalue weighted by molar-refractivity contribution is 6.43. The number of aromatic nitrogens is 3. The van der Waals surface area contributed by atoms with Crippen LogP contribution in [0.1, 0.15) is 50.9 Å². The van der Waals surface area contributed by atoms with E-state index in [0.717, 1.165) is 11.3 Å². The highest BCUT2D eigenvalue weighted by Crippen LogP contribution is 2.22. The fourth-order valence-corrected chi connectivity index (χ4v) is 2.84. The fourth-order valence-electron chi connectivity index (χ4n) is 2.84. The van der Waals surface area contributed by atoms with Gasteiger partial charge in [-0.05, 0) is 31.4 Å². The van der Waals surface area contributed by atoms with Crippen LogP contribution in [-0.2, 0) is 16.2 Å². The SMILES string of the molecule is CC(C)c1cc(NC(=O)C(=O)Nc2ccnc(OCc3ccccc3)c2)n(C(C)C)n1. The molecule has 0 unspecified atom stereocenters. The van der Waals surface area contributed by atoms with Crippen molar-refractivity contribution in [3.8, 4) is 5.88 Å². The molecule has 0 aliphatic carbocycles. The van der Waals surface area contributed by atoms with Gasteiger partial charge in [-0.25, -0.2) is 9.67 Å². The molecule has 31 heavy (non-hydrogen) atoms. The third-order valence-corrected chi connectivity index (χ3v) is 4.51. The van der Waals surface area contributed by atoms with Crippen LogP contribution < -0.4 is 15.4 Å². The molecule has 162 valence electrons. The normalized spacial score (nSPS) is 10.9. The van der Waals surface area contributed by atoms with E-state index in [0.29, 0.717) is 24.0 Å². The Bertz CT molecular complexity index is 1040. The van der Waals surface area contributed by atoms with Crippen LogP contribution in [0.25, 0.3) is 0 Å². The number of carbonyl (C=O) groups excluding carboxylic acids is 2. The lowest BCUT2D eigenvalue weighted by atomic mass is 10.1. The summed E-state index contributed by atoms with van der Waals surface area (Å²) >= 11 is 0. The van der Waals surface area contributed by atoms with Gasteiger partial charge in [-0.2, -0.15) is 5.10 Å². The average molecular weight is 422 g/mol. The quantitative estimate of drug-likeness (QED) is 0.559. The third kappa shape index (κ3) is 5.91. The van der Waals surface area contributed by atoms with Crippen molar-refractivity contribution in [1.82, 2.24) is 14.8 Å². The summed E-state index contributed by atoms with van der Waals surface area (Å²) < 4.78 is 7.36. The summed E-state index contributed by atoms with van der Waals surface area (Å²) in [5.41, 5.74) is 2.26. The first-order valence-corrected chi connectivity index (χ1v) is 10.2. The highest BCUT2D eigenvalue weighted by Gasteiger charge is 2.19. The van der Waals surface area contributed by atoms with E-state index in [1.54, 1.807) is 22.9 Å². The van der Waals surface area contributed by atoms with Gasteiger partial charge in [-0.3, -0.25) is 9.59 Å². The summed E-state index contributed by atoms with van der Waals surface area (Å²) in [5, 5.41) is 9.74. The summed E-state index contributed by atoms with van der Waals surface area (Å²) in [7, 11) is 0. The van der Waals surface area contributed by atoms with Crippen LogP contribution >= 0.6 is 0 Å². The minimum atomic E-state index is -0.789. The van der Waals surface area contributed by atoms with E-state index >= 15 is 0 Å². The van der Waals surface area contributed by atoms with Crippen LogP contribution in [0.2, 0.25) is 0 Å². The number of rotatable bonds is 7. The molecule has 8 heteroatoms. The van der Waals surface area contributed by atoms with Gasteiger partial charge in [-0.1, -0.05) is 44.2 Å². The molecule has 8 nitrogen and oxygen atoms in total. The van der Waals surface area contributed by atoms with E-state index in [1.807, 2.05) is 58.0 Å². The van der Waals surface area contributed by atoms with E-state index in [9.17, 15) is 9.59 Å². The van der Waals surface area contributed by atoms with Crippen molar-refractivity contribution in [3.05, 3.63) is 66.0 Å². The Hall–Kier alpha value is -3.68. The van der Waals surface area contributed by atoms with Gasteiger partial charge < -0.3 is 15.4 Å². The van der Waals surface area contributed by atoms with Gasteiger partial charge in [0.05, 0.1) is 5.69 Å². The number of amides is 2. The monoisotopic (exact) mass is 421 g/mol. The van der Waals surface area contributed by atoms with Crippen molar-refractivity contribution < 1.29 is 14.3 Å². The number of pyridine rings is 1. The van der Waals surface area contributed by atoms with E-state index in [1.165, 1.54) is 6.20 Å². The Balaban J connectivity index is 1.63.